The first-order valence-electron chi connectivity index (χ1n) is 6.01. The molecule has 0 saturated carbocycles. The van der Waals surface area contributed by atoms with E-state index in [0.29, 0.717) is 13.1 Å². The van der Waals surface area contributed by atoms with Gasteiger partial charge < -0.3 is 5.32 Å². The van der Waals surface area contributed by atoms with Crippen LogP contribution in [0, 0.1) is 0 Å². The summed E-state index contributed by atoms with van der Waals surface area (Å²) in [6.45, 7) is 1.97. The zero-order chi connectivity index (χ0) is 13.0. The first-order valence-corrected chi connectivity index (χ1v) is 9.17. The summed E-state index contributed by atoms with van der Waals surface area (Å²) in [5, 5.41) is 2.85. The molecule has 1 saturated heterocycles. The van der Waals surface area contributed by atoms with Gasteiger partial charge in [0, 0.05) is 18.0 Å². The third-order valence-electron chi connectivity index (χ3n) is 2.99. The number of piperidine rings is 1. The van der Waals surface area contributed by atoms with Gasteiger partial charge >= 0.3 is 0 Å². The quantitative estimate of drug-likeness (QED) is 0.848. The predicted octanol–water partition coefficient (Wildman–Crippen LogP) is 1.72. The molecule has 0 aromatic carbocycles. The van der Waals surface area contributed by atoms with Crippen LogP contribution >= 0.6 is 27.3 Å². The standard InChI is InChI=1S/C11H17BrN2O2S2/c12-11-4-3-9(17-11)5-7-14-18(15,16)10-2-1-6-13-8-10/h3-4,10,13-14H,1-2,5-8H2. The molecule has 0 amide bonds. The van der Waals surface area contributed by atoms with Gasteiger partial charge in [-0.3, -0.25) is 0 Å². The molecule has 102 valence electrons. The van der Waals surface area contributed by atoms with Crippen molar-refractivity contribution >= 4 is 37.3 Å². The van der Waals surface area contributed by atoms with Crippen LogP contribution in [0.15, 0.2) is 15.9 Å². The van der Waals surface area contributed by atoms with Crippen molar-refractivity contribution in [3.63, 3.8) is 0 Å². The third kappa shape index (κ3) is 4.03. The maximum atomic E-state index is 12.0. The Morgan fingerprint density at radius 1 is 1.50 bits per heavy atom. The van der Waals surface area contributed by atoms with Crippen molar-refractivity contribution in [2.45, 2.75) is 24.5 Å². The van der Waals surface area contributed by atoms with Crippen molar-refractivity contribution in [3.05, 3.63) is 20.8 Å². The smallest absolute Gasteiger partial charge is 0.215 e. The van der Waals surface area contributed by atoms with Crippen molar-refractivity contribution in [1.29, 1.82) is 0 Å². The van der Waals surface area contributed by atoms with Crippen molar-refractivity contribution in [2.75, 3.05) is 19.6 Å². The molecular formula is C11H17BrN2O2S2. The minimum absolute atomic E-state index is 0.277. The van der Waals surface area contributed by atoms with Gasteiger partial charge in [0.05, 0.1) is 9.04 Å². The molecule has 1 aliphatic rings. The molecular weight excluding hydrogens is 336 g/mol. The van der Waals surface area contributed by atoms with Crippen LogP contribution in [0.1, 0.15) is 17.7 Å². The third-order valence-corrected chi connectivity index (χ3v) is 6.56. The number of hydrogen-bond donors (Lipinski definition) is 2. The van der Waals surface area contributed by atoms with Gasteiger partial charge in [0.25, 0.3) is 0 Å². The highest BCUT2D eigenvalue weighted by Gasteiger charge is 2.26. The number of halogens is 1. The number of nitrogens with one attached hydrogen (secondary N) is 2. The minimum Gasteiger partial charge on any atom is -0.315 e. The second kappa shape index (κ2) is 6.47. The van der Waals surface area contributed by atoms with E-state index in [-0.39, 0.29) is 5.25 Å². The average Bonchev–Trinajstić information content (AvgIpc) is 2.76. The molecule has 0 spiro atoms. The molecule has 0 aliphatic carbocycles. The predicted molar refractivity (Wildman–Crippen MR) is 78.5 cm³/mol. The summed E-state index contributed by atoms with van der Waals surface area (Å²) in [6.07, 6.45) is 2.44. The summed E-state index contributed by atoms with van der Waals surface area (Å²) in [6, 6.07) is 4.00. The van der Waals surface area contributed by atoms with Crippen LogP contribution in [0.3, 0.4) is 0 Å². The Hall–Kier alpha value is 0.0500. The molecule has 1 aromatic rings. The zero-order valence-corrected chi connectivity index (χ0v) is 13.2. The van der Waals surface area contributed by atoms with Crippen LogP contribution in [0.5, 0.6) is 0 Å². The van der Waals surface area contributed by atoms with Crippen LogP contribution in [0.25, 0.3) is 0 Å². The lowest BCUT2D eigenvalue weighted by atomic mass is 10.2. The topological polar surface area (TPSA) is 58.2 Å². The van der Waals surface area contributed by atoms with Crippen LogP contribution in [-0.2, 0) is 16.4 Å². The molecule has 0 bridgehead atoms. The Balaban J connectivity index is 1.81. The van der Waals surface area contributed by atoms with Gasteiger partial charge in [0.1, 0.15) is 0 Å². The Morgan fingerprint density at radius 3 is 2.94 bits per heavy atom. The SMILES string of the molecule is O=S(=O)(NCCc1ccc(Br)s1)C1CCCNC1. The molecule has 2 rings (SSSR count). The van der Waals surface area contributed by atoms with Gasteiger partial charge in [0.15, 0.2) is 0 Å². The summed E-state index contributed by atoms with van der Waals surface area (Å²) >= 11 is 5.04. The van der Waals surface area contributed by atoms with Gasteiger partial charge in [-0.25, -0.2) is 13.1 Å². The molecule has 7 heteroatoms. The van der Waals surface area contributed by atoms with Crippen molar-refractivity contribution < 1.29 is 8.42 Å². The van der Waals surface area contributed by atoms with E-state index in [4.69, 9.17) is 0 Å². The van der Waals surface area contributed by atoms with E-state index in [2.05, 4.69) is 26.0 Å². The fourth-order valence-electron chi connectivity index (χ4n) is 2.01. The highest BCUT2D eigenvalue weighted by atomic mass is 79.9. The van der Waals surface area contributed by atoms with E-state index < -0.39 is 10.0 Å². The first kappa shape index (κ1) is 14.5. The molecule has 2 N–H and O–H groups in total. The number of sulfonamides is 1. The molecule has 1 fully saturated rings. The van der Waals surface area contributed by atoms with E-state index in [9.17, 15) is 8.42 Å². The lowest BCUT2D eigenvalue weighted by Gasteiger charge is -2.22. The molecule has 1 unspecified atom stereocenters. The number of rotatable bonds is 5. The van der Waals surface area contributed by atoms with Crippen LogP contribution in [0.4, 0.5) is 0 Å². The maximum Gasteiger partial charge on any atom is 0.215 e. The van der Waals surface area contributed by atoms with Crippen LogP contribution in [-0.4, -0.2) is 33.3 Å². The second-order valence-corrected chi connectivity index (χ2v) is 8.96. The van der Waals surface area contributed by atoms with Gasteiger partial charge in [0.2, 0.25) is 10.0 Å². The summed E-state index contributed by atoms with van der Waals surface area (Å²) in [4.78, 5) is 1.19. The number of thiophene rings is 1. The Kier molecular flexibility index (Phi) is 5.20. The summed E-state index contributed by atoms with van der Waals surface area (Å²) in [5.74, 6) is 0. The van der Waals surface area contributed by atoms with Gasteiger partial charge in [-0.15, -0.1) is 11.3 Å². The van der Waals surface area contributed by atoms with E-state index in [0.717, 1.165) is 29.6 Å². The Bertz CT molecular complexity index is 481. The minimum atomic E-state index is -3.17. The Labute approximate surface area is 120 Å². The van der Waals surface area contributed by atoms with Gasteiger partial charge in [-0.2, -0.15) is 0 Å². The fraction of sp³-hybridized carbons (Fsp3) is 0.636. The molecule has 0 radical (unpaired) electrons. The maximum absolute atomic E-state index is 12.0. The zero-order valence-electron chi connectivity index (χ0n) is 9.99. The highest BCUT2D eigenvalue weighted by molar-refractivity contribution is 9.11. The average molecular weight is 353 g/mol. The van der Waals surface area contributed by atoms with E-state index in [1.54, 1.807) is 11.3 Å². The number of hydrogen-bond acceptors (Lipinski definition) is 4. The lowest BCUT2D eigenvalue weighted by Crippen LogP contribution is -2.44. The van der Waals surface area contributed by atoms with E-state index in [1.165, 1.54) is 4.88 Å². The van der Waals surface area contributed by atoms with Gasteiger partial charge in [-0.05, 0) is 53.9 Å². The van der Waals surface area contributed by atoms with Crippen LogP contribution in [0.2, 0.25) is 0 Å². The van der Waals surface area contributed by atoms with Crippen molar-refractivity contribution in [2.24, 2.45) is 0 Å². The highest BCUT2D eigenvalue weighted by Crippen LogP contribution is 2.22. The molecule has 1 aromatic heterocycles. The van der Waals surface area contributed by atoms with Crippen molar-refractivity contribution in [1.82, 2.24) is 10.0 Å². The summed E-state index contributed by atoms with van der Waals surface area (Å²) in [7, 11) is -3.17. The monoisotopic (exact) mass is 352 g/mol. The largest absolute Gasteiger partial charge is 0.315 e. The summed E-state index contributed by atoms with van der Waals surface area (Å²) < 4.78 is 27.8. The fourth-order valence-corrected chi connectivity index (χ4v) is 4.92. The van der Waals surface area contributed by atoms with Crippen molar-refractivity contribution in [3.8, 4) is 0 Å². The molecule has 4 nitrogen and oxygen atoms in total. The first-order chi connectivity index (χ1) is 8.58. The van der Waals surface area contributed by atoms with Gasteiger partial charge in [-0.1, -0.05) is 0 Å². The summed E-state index contributed by atoms with van der Waals surface area (Å²) in [5.41, 5.74) is 0. The van der Waals surface area contributed by atoms with Crippen LogP contribution < -0.4 is 10.0 Å². The molecule has 1 aliphatic heterocycles. The molecule has 2 heterocycles. The van der Waals surface area contributed by atoms with E-state index in [1.807, 2.05) is 12.1 Å². The lowest BCUT2D eigenvalue weighted by molar-refractivity contribution is 0.490. The molecule has 1 atom stereocenters. The second-order valence-electron chi connectivity index (χ2n) is 4.36. The molecule has 18 heavy (non-hydrogen) atoms. The normalized spacial score (nSPS) is 21.1. The Morgan fingerprint density at radius 2 is 2.33 bits per heavy atom. The van der Waals surface area contributed by atoms with E-state index >= 15 is 0 Å².